The van der Waals surface area contributed by atoms with Crippen LogP contribution >= 0.6 is 23.0 Å². The van der Waals surface area contributed by atoms with Gasteiger partial charge in [-0.2, -0.15) is 0 Å². The largest absolute Gasteiger partial charge is 1.00 e. The number of benzene rings is 7. The third kappa shape index (κ3) is 35.6. The summed E-state index contributed by atoms with van der Waals surface area (Å²) >= 11 is 1.96. The Morgan fingerprint density at radius 3 is 1.08 bits per heavy atom. The number of pyridine rings is 6. The molecule has 4 aliphatic carbocycles. The quantitative estimate of drug-likeness (QED) is 0.00578. The molecule has 27 nitrogen and oxygen atoms in total. The average molecular weight is 1960 g/mol. The number of anilines is 1. The van der Waals surface area contributed by atoms with Crippen LogP contribution in [0.1, 0.15) is 176 Å². The van der Waals surface area contributed by atoms with E-state index >= 15 is 0 Å². The summed E-state index contributed by atoms with van der Waals surface area (Å²) < 4.78 is 18.9. The number of aromatic carboxylic acids is 2. The first-order chi connectivity index (χ1) is 64.1. The van der Waals surface area contributed by atoms with Crippen LogP contribution in [0.4, 0.5) is 5.69 Å². The van der Waals surface area contributed by atoms with Crippen LogP contribution in [0.5, 0.6) is 0 Å². The van der Waals surface area contributed by atoms with E-state index in [0.29, 0.717) is 74.8 Å². The summed E-state index contributed by atoms with van der Waals surface area (Å²) in [4.78, 5) is 139. The number of halogens is 1. The minimum absolute atomic E-state index is 0. The van der Waals surface area contributed by atoms with Gasteiger partial charge in [-0.1, -0.05) is 146 Å². The van der Waals surface area contributed by atoms with E-state index in [1.165, 1.54) is 39.5 Å². The number of Topliss-reactive ketones (excluding diaryl/α,β-unsaturated/α-hetero) is 4. The van der Waals surface area contributed by atoms with Crippen LogP contribution in [0.15, 0.2) is 299 Å². The molecular weight excluding hydrogens is 1850 g/mol. The fourth-order valence-corrected chi connectivity index (χ4v) is 14.3. The number of ketones is 4. The summed E-state index contributed by atoms with van der Waals surface area (Å²) in [6, 6.07) is 66.8. The van der Waals surface area contributed by atoms with Gasteiger partial charge in [0.25, 0.3) is 0 Å². The second-order valence-electron chi connectivity index (χ2n) is 33.0. The van der Waals surface area contributed by atoms with Gasteiger partial charge in [-0.15, -0.1) is 0 Å². The zero-order chi connectivity index (χ0) is 95.4. The summed E-state index contributed by atoms with van der Waals surface area (Å²) in [5, 5.41) is 30.8. The molecule has 13 aromatic rings. The van der Waals surface area contributed by atoms with Crippen molar-refractivity contribution in [2.24, 2.45) is 29.4 Å². The number of aryl methyl sites for hydroxylation is 3. The number of methoxy groups -OCH3 is 3. The minimum atomic E-state index is -1.14. The number of nitrogens with two attached hydrogens (primary N) is 2. The number of aliphatic carboxylic acids is 1. The zero-order valence-corrected chi connectivity index (χ0v) is 79.8. The van der Waals surface area contributed by atoms with Crippen molar-refractivity contribution in [2.75, 3.05) is 27.1 Å². The number of hydrogen-bond donors (Lipinski definition) is 5. The molecule has 700 valence electrons. The van der Waals surface area contributed by atoms with Crippen molar-refractivity contribution >= 4 is 124 Å². The van der Waals surface area contributed by atoms with Gasteiger partial charge in [0.1, 0.15) is 5.78 Å². The third-order valence-corrected chi connectivity index (χ3v) is 26.7. The molecule has 0 amide bonds. The van der Waals surface area contributed by atoms with E-state index in [-0.39, 0.29) is 118 Å². The summed E-state index contributed by atoms with van der Waals surface area (Å²) in [6.45, 7) is 7.03. The predicted molar refractivity (Wildman–Crippen MR) is 526 cm³/mol. The van der Waals surface area contributed by atoms with Crippen LogP contribution in [-0.2, 0) is 73.2 Å². The first-order valence-corrected chi connectivity index (χ1v) is 47.6. The molecule has 4 saturated carbocycles. The topological polar surface area (TPSA) is 459 Å². The number of hydrogen-bond acceptors (Lipinski definition) is 23. The first-order valence-electron chi connectivity index (χ1n) is 43.3. The van der Waals surface area contributed by atoms with Gasteiger partial charge in [-0.3, -0.25) is 63.5 Å². The Morgan fingerprint density at radius 1 is 0.404 bits per heavy atom. The van der Waals surface area contributed by atoms with E-state index < -0.39 is 32.2 Å². The SMILES string of the molecule is COC(=O)/C=C/c1ccc(C(=O)O)cc1.COC(=O)[C@@H]1C[C@H]1c1ccc(C(=O)CCc2cccnc2)cc1.COC(=O)[C@@H]1C[C@H]1c1ccc(C(=O)O)cc1.C[Si](C)(C)OI.NCc1cccnc1.Nc1ccc2cnccc2c1.O.O=C(CCc1cccnc1)c1ccc([C@@H]2C[C@H]2C(=O)Cc2ccc3cnccc3c2)cc1.O=C(CCc1cccnc1)c1ccc([C@@H]2C[C@H]2C(=O)O)cc1.[Li+].[OH-]. The van der Waals surface area contributed by atoms with Gasteiger partial charge in [0.2, 0.25) is 0 Å². The number of carboxylic acid groups (broad SMARTS) is 3. The second-order valence-corrected chi connectivity index (χ2v) is 38.7. The number of carboxylic acids is 3. The van der Waals surface area contributed by atoms with Crippen molar-refractivity contribution in [2.45, 2.75) is 120 Å². The molecule has 30 heteroatoms. The summed E-state index contributed by atoms with van der Waals surface area (Å²) in [5.74, 6) is -2.23. The summed E-state index contributed by atoms with van der Waals surface area (Å²) in [6.07, 6.45) is 31.2. The molecule has 10 N–H and O–H groups in total. The molecule has 0 saturated heterocycles. The van der Waals surface area contributed by atoms with Crippen LogP contribution in [0.2, 0.25) is 19.6 Å². The number of esters is 3. The molecule has 4 fully saturated rings. The predicted octanol–water partition coefficient (Wildman–Crippen LogP) is 15.4. The van der Waals surface area contributed by atoms with E-state index in [1.807, 2.05) is 187 Å². The Kier molecular flexibility index (Phi) is 44.5. The maximum absolute atomic E-state index is 12.8. The number of nitrogens with zero attached hydrogens (tertiary/aromatic N) is 6. The zero-order valence-electron chi connectivity index (χ0n) is 76.7. The van der Waals surface area contributed by atoms with Gasteiger partial charge >= 0.3 is 54.7 Å². The Hall–Kier alpha value is -13.6. The maximum atomic E-state index is 12.8. The smallest absolute Gasteiger partial charge is 0.870 e. The molecule has 0 spiro atoms. The van der Waals surface area contributed by atoms with Crippen molar-refractivity contribution in [3.63, 3.8) is 0 Å². The number of fused-ring (bicyclic) bond motifs is 2. The molecule has 17 rings (SSSR count). The standard InChI is InChI=1S/C28H24N2O2.C19H19NO3.C18H17NO3.C12H12O4.C11H10O4.C9H8N2.C6H8N2.C3H9IOSi.Li.2H2O/c31-27(10-4-19-2-1-12-29-17-19)22-8-6-21(7-9-22)25-16-26(25)28(32)15-20-3-5-24-18-30-13-11-23(24)14-20;1-23-19(22)17-11-16(17)14-5-7-15(8-6-14)18(21)9-4-13-3-2-10-20-12-13;20-17(8-3-12-2-1-9-19-11-12)14-6-4-13(5-7-14)15-10-16(15)18(21)22;1-16-12(15)10-6-9(10)7-2-4-8(5-3-7)11(13)14;1-15-10(12)7-4-8-2-5-9(6-3-8)11(13)14;10-9-2-1-8-6-11-4-3-7(8)5-9;7-4-6-2-1-3-8-5-6;1-6(2,3)5-4;;;/h1-3,5-9,11-14,17-18,25-26H,4,10,15-16H2;2-3,5-8,10,12,16-17H,4,9,11H2,1H3;1-2,4-7,9,11,15-16H,3,8,10H2,(H,21,22);2-5,9-10H,6H2,1H3,(H,13,14);2-7H,1H3,(H,13,14);1-6H,10H2;1-3,5H,4,7H2;1-3H3;;2*1H2/q;;;;;;;;+1;;/p-1/b;;;;7-4+;;;;;;/t25-,26+;16-,17+;15-,16+;9-,10+;;;;;;;/m0000......./s1. The normalized spacial score (nSPS) is 16.1. The molecule has 6 heterocycles. The monoisotopic (exact) mass is 1960 g/mol. The van der Waals surface area contributed by atoms with Crippen LogP contribution in [-0.4, -0.2) is 145 Å². The van der Waals surface area contributed by atoms with Gasteiger partial charge in [-0.25, -0.2) is 14.4 Å². The minimum Gasteiger partial charge on any atom is -0.870 e. The van der Waals surface area contributed by atoms with Crippen LogP contribution in [0.25, 0.3) is 27.6 Å². The summed E-state index contributed by atoms with van der Waals surface area (Å²) in [5.41, 5.74) is 24.6. The van der Waals surface area contributed by atoms with E-state index in [4.69, 9.17) is 34.3 Å². The molecule has 0 aliphatic heterocycles. The molecule has 0 radical (unpaired) electrons. The molecule has 136 heavy (non-hydrogen) atoms. The van der Waals surface area contributed by atoms with E-state index in [2.05, 4.69) is 65.1 Å². The van der Waals surface area contributed by atoms with Crippen molar-refractivity contribution in [1.82, 2.24) is 29.9 Å². The van der Waals surface area contributed by atoms with Crippen molar-refractivity contribution in [3.8, 4) is 0 Å². The number of aromatic nitrogens is 6. The molecule has 6 aromatic heterocycles. The van der Waals surface area contributed by atoms with Crippen molar-refractivity contribution < 1.29 is 110 Å². The van der Waals surface area contributed by atoms with Crippen LogP contribution in [0.3, 0.4) is 0 Å². The van der Waals surface area contributed by atoms with Gasteiger partial charge in [0.05, 0.1) is 73.2 Å². The Bertz CT molecular complexity index is 6100. The number of nitrogen functional groups attached to an aromatic ring is 1. The molecule has 0 bridgehead atoms. The average Bonchev–Trinajstić information content (AvgIpc) is 1.65. The van der Waals surface area contributed by atoms with Crippen LogP contribution in [0, 0.1) is 23.7 Å². The second kappa shape index (κ2) is 55.3. The Balaban J connectivity index is 0.000000220. The van der Waals surface area contributed by atoms with Crippen LogP contribution < -0.4 is 30.3 Å². The number of rotatable bonds is 28. The van der Waals surface area contributed by atoms with Gasteiger partial charge in [-0.05, 0) is 234 Å². The van der Waals surface area contributed by atoms with Gasteiger partial charge in [0, 0.05) is 152 Å². The maximum Gasteiger partial charge on any atom is 1.00 e. The third-order valence-electron chi connectivity index (χ3n) is 22.3. The molecule has 7 aromatic carbocycles. The van der Waals surface area contributed by atoms with E-state index in [9.17, 15) is 47.9 Å². The fraction of sp³-hybridized carbons (Fsp3) is 0.245. The first kappa shape index (κ1) is 109. The van der Waals surface area contributed by atoms with Gasteiger partial charge in [0.15, 0.2) is 25.7 Å². The summed E-state index contributed by atoms with van der Waals surface area (Å²) in [7, 11) is 2.95. The fourth-order valence-electron chi connectivity index (χ4n) is 14.3. The molecular formula is C106H110ILiN8O19Si. The molecule has 8 atom stereocenters. The van der Waals surface area contributed by atoms with E-state index in [0.717, 1.165) is 108 Å². The van der Waals surface area contributed by atoms with Gasteiger partial charge < -0.3 is 54.7 Å². The number of ether oxygens (including phenoxy) is 3. The number of carbonyl (C=O) groups excluding carboxylic acids is 7. The Labute approximate surface area is 817 Å². The van der Waals surface area contributed by atoms with E-state index in [1.54, 1.807) is 117 Å². The van der Waals surface area contributed by atoms with Crippen molar-refractivity contribution in [1.29, 1.82) is 0 Å². The number of carbonyl (C=O) groups is 10. The molecule has 0 unspecified atom stereocenters. The van der Waals surface area contributed by atoms with Crippen molar-refractivity contribution in [3.05, 3.63) is 382 Å². The molecule has 4 aliphatic rings. The Morgan fingerprint density at radius 2 is 0.743 bits per heavy atom.